The van der Waals surface area contributed by atoms with Gasteiger partial charge in [0.25, 0.3) is 0 Å². The molecule has 1 atom stereocenters. The Balaban J connectivity index is 1.91. The Morgan fingerprint density at radius 2 is 2.05 bits per heavy atom. The van der Waals surface area contributed by atoms with E-state index in [2.05, 4.69) is 37.7 Å². The molecular weight excluding hydrogens is 328 g/mol. The molecule has 6 heteroatoms. The number of hydrogen-bond acceptors (Lipinski definition) is 3. The van der Waals surface area contributed by atoms with Crippen molar-refractivity contribution in [2.45, 2.75) is 25.4 Å². The number of alkyl halides is 1. The summed E-state index contributed by atoms with van der Waals surface area (Å²) in [7, 11) is -3.18. The van der Waals surface area contributed by atoms with Crippen LogP contribution in [0.4, 0.5) is 0 Å². The summed E-state index contributed by atoms with van der Waals surface area (Å²) in [5.74, 6) is 0. The van der Waals surface area contributed by atoms with Crippen molar-refractivity contribution in [1.82, 2.24) is 9.62 Å². The van der Waals surface area contributed by atoms with Crippen molar-refractivity contribution < 1.29 is 8.42 Å². The third-order valence-electron chi connectivity index (χ3n) is 3.24. The lowest BCUT2D eigenvalue weighted by molar-refractivity contribution is 0.194. The van der Waals surface area contributed by atoms with E-state index in [1.54, 1.807) is 0 Å². The fourth-order valence-electron chi connectivity index (χ4n) is 2.42. The highest BCUT2D eigenvalue weighted by Gasteiger charge is 2.23. The van der Waals surface area contributed by atoms with Crippen LogP contribution in [0.2, 0.25) is 0 Å². The fourth-order valence-corrected chi connectivity index (χ4v) is 3.58. The van der Waals surface area contributed by atoms with Gasteiger partial charge in [-0.15, -0.1) is 0 Å². The quantitative estimate of drug-likeness (QED) is 0.828. The van der Waals surface area contributed by atoms with Gasteiger partial charge in [-0.3, -0.25) is 4.90 Å². The molecule has 2 rings (SSSR count). The SMILES string of the molecule is O=S(=O)(CBr)NC1CCCN(Cc2ccccc2)C1. The second kappa shape index (κ2) is 6.83. The van der Waals surface area contributed by atoms with Crippen molar-refractivity contribution in [3.8, 4) is 0 Å². The number of benzene rings is 1. The first kappa shape index (κ1) is 15.0. The summed E-state index contributed by atoms with van der Waals surface area (Å²) < 4.78 is 25.8. The number of likely N-dealkylation sites (tertiary alicyclic amines) is 1. The molecule has 0 aromatic heterocycles. The monoisotopic (exact) mass is 346 g/mol. The summed E-state index contributed by atoms with van der Waals surface area (Å²) in [5, 5.41) is 0. The van der Waals surface area contributed by atoms with Crippen LogP contribution in [0.1, 0.15) is 18.4 Å². The van der Waals surface area contributed by atoms with Crippen LogP contribution >= 0.6 is 15.9 Å². The Morgan fingerprint density at radius 3 is 2.74 bits per heavy atom. The first-order valence-corrected chi connectivity index (χ1v) is 9.19. The second-order valence-corrected chi connectivity index (χ2v) is 7.96. The third-order valence-corrected chi connectivity index (χ3v) is 6.03. The zero-order chi connectivity index (χ0) is 13.7. The molecule has 1 aromatic rings. The molecule has 0 bridgehead atoms. The predicted octanol–water partition coefficient (Wildman–Crippen LogP) is 1.92. The Bertz CT molecular complexity index is 493. The minimum absolute atomic E-state index is 0.0278. The number of piperidine rings is 1. The van der Waals surface area contributed by atoms with E-state index in [-0.39, 0.29) is 10.7 Å². The average molecular weight is 347 g/mol. The molecule has 1 saturated heterocycles. The van der Waals surface area contributed by atoms with Crippen LogP contribution < -0.4 is 4.72 Å². The van der Waals surface area contributed by atoms with Gasteiger partial charge in [-0.25, -0.2) is 13.1 Å². The molecule has 0 saturated carbocycles. The van der Waals surface area contributed by atoms with Gasteiger partial charge in [0.05, 0.1) is 0 Å². The molecule has 1 aliphatic heterocycles. The summed E-state index contributed by atoms with van der Waals surface area (Å²) in [6.07, 6.45) is 1.94. The Morgan fingerprint density at radius 1 is 1.32 bits per heavy atom. The molecule has 1 fully saturated rings. The average Bonchev–Trinajstić information content (AvgIpc) is 2.40. The van der Waals surface area contributed by atoms with Gasteiger partial charge in [0.15, 0.2) is 0 Å². The summed E-state index contributed by atoms with van der Waals surface area (Å²) >= 11 is 3.00. The zero-order valence-corrected chi connectivity index (χ0v) is 13.2. The van der Waals surface area contributed by atoms with Crippen molar-refractivity contribution in [2.24, 2.45) is 0 Å². The van der Waals surface area contributed by atoms with E-state index in [4.69, 9.17) is 0 Å². The Kier molecular flexibility index (Phi) is 5.38. The summed E-state index contributed by atoms with van der Waals surface area (Å²) in [6.45, 7) is 2.69. The predicted molar refractivity (Wildman–Crippen MR) is 80.6 cm³/mol. The van der Waals surface area contributed by atoms with Gasteiger partial charge in [-0.1, -0.05) is 46.3 Å². The summed E-state index contributed by atoms with van der Waals surface area (Å²) in [6, 6.07) is 10.3. The molecule has 19 heavy (non-hydrogen) atoms. The number of hydrogen-bond donors (Lipinski definition) is 1. The Labute approximate surface area is 123 Å². The van der Waals surface area contributed by atoms with Gasteiger partial charge in [-0.2, -0.15) is 0 Å². The lowest BCUT2D eigenvalue weighted by Crippen LogP contribution is -2.47. The van der Waals surface area contributed by atoms with Crippen LogP contribution in [0.15, 0.2) is 30.3 Å². The summed E-state index contributed by atoms with van der Waals surface area (Å²) in [4.78, 5) is 2.31. The van der Waals surface area contributed by atoms with E-state index in [1.807, 2.05) is 18.2 Å². The standard InChI is InChI=1S/C13H19BrN2O2S/c14-11-19(17,18)15-13-7-4-8-16(10-13)9-12-5-2-1-3-6-12/h1-3,5-6,13,15H,4,7-11H2. The van der Waals surface area contributed by atoms with E-state index in [9.17, 15) is 8.42 Å². The maximum atomic E-state index is 11.6. The lowest BCUT2D eigenvalue weighted by Gasteiger charge is -2.32. The molecule has 0 aliphatic carbocycles. The first-order chi connectivity index (χ1) is 9.09. The molecule has 1 N–H and O–H groups in total. The van der Waals surface area contributed by atoms with Gasteiger partial charge in [-0.05, 0) is 24.9 Å². The maximum Gasteiger partial charge on any atom is 0.221 e. The minimum atomic E-state index is -3.18. The number of rotatable bonds is 5. The van der Waals surface area contributed by atoms with Crippen molar-refractivity contribution >= 4 is 26.0 Å². The van der Waals surface area contributed by atoms with Crippen molar-refractivity contribution in [3.63, 3.8) is 0 Å². The number of nitrogens with one attached hydrogen (secondary N) is 1. The van der Waals surface area contributed by atoms with Gasteiger partial charge in [0.2, 0.25) is 10.0 Å². The van der Waals surface area contributed by atoms with Crippen LogP contribution in [-0.4, -0.2) is 37.1 Å². The zero-order valence-electron chi connectivity index (χ0n) is 10.8. The molecular formula is C13H19BrN2O2S. The molecule has 4 nitrogen and oxygen atoms in total. The van der Waals surface area contributed by atoms with Crippen molar-refractivity contribution in [3.05, 3.63) is 35.9 Å². The molecule has 1 aliphatic rings. The van der Waals surface area contributed by atoms with Crippen LogP contribution in [0.25, 0.3) is 0 Å². The van der Waals surface area contributed by atoms with Crippen LogP contribution in [0.5, 0.6) is 0 Å². The molecule has 1 heterocycles. The van der Waals surface area contributed by atoms with Gasteiger partial charge in [0.1, 0.15) is 4.66 Å². The number of halogens is 1. The molecule has 1 aromatic carbocycles. The topological polar surface area (TPSA) is 49.4 Å². The number of sulfonamides is 1. The van der Waals surface area contributed by atoms with E-state index in [0.29, 0.717) is 0 Å². The number of nitrogens with zero attached hydrogens (tertiary/aromatic N) is 1. The molecule has 106 valence electrons. The Hall–Kier alpha value is -0.430. The normalized spacial score (nSPS) is 21.4. The highest BCUT2D eigenvalue weighted by atomic mass is 79.9. The minimum Gasteiger partial charge on any atom is -0.298 e. The van der Waals surface area contributed by atoms with Gasteiger partial charge in [0, 0.05) is 19.1 Å². The maximum absolute atomic E-state index is 11.6. The van der Waals surface area contributed by atoms with Crippen LogP contribution in [-0.2, 0) is 16.6 Å². The van der Waals surface area contributed by atoms with E-state index in [1.165, 1.54) is 5.56 Å². The fraction of sp³-hybridized carbons (Fsp3) is 0.538. The van der Waals surface area contributed by atoms with E-state index in [0.717, 1.165) is 32.5 Å². The lowest BCUT2D eigenvalue weighted by atomic mass is 10.1. The molecule has 0 spiro atoms. The van der Waals surface area contributed by atoms with Crippen LogP contribution in [0.3, 0.4) is 0 Å². The molecule has 0 amide bonds. The highest BCUT2D eigenvalue weighted by molar-refractivity contribution is 9.10. The highest BCUT2D eigenvalue weighted by Crippen LogP contribution is 2.14. The smallest absolute Gasteiger partial charge is 0.221 e. The summed E-state index contributed by atoms with van der Waals surface area (Å²) in [5.41, 5.74) is 1.27. The first-order valence-electron chi connectivity index (χ1n) is 6.41. The van der Waals surface area contributed by atoms with E-state index < -0.39 is 10.0 Å². The molecule has 0 radical (unpaired) electrons. The third kappa shape index (κ3) is 4.87. The van der Waals surface area contributed by atoms with Crippen molar-refractivity contribution in [1.29, 1.82) is 0 Å². The molecule has 1 unspecified atom stereocenters. The van der Waals surface area contributed by atoms with Crippen molar-refractivity contribution in [2.75, 3.05) is 17.8 Å². The largest absolute Gasteiger partial charge is 0.298 e. The van der Waals surface area contributed by atoms with Gasteiger partial charge >= 0.3 is 0 Å². The van der Waals surface area contributed by atoms with Gasteiger partial charge < -0.3 is 0 Å². The second-order valence-electron chi connectivity index (χ2n) is 4.90. The van der Waals surface area contributed by atoms with E-state index >= 15 is 0 Å². The van der Waals surface area contributed by atoms with Crippen LogP contribution in [0, 0.1) is 0 Å².